The van der Waals surface area contributed by atoms with E-state index in [9.17, 15) is 4.79 Å². The standard InChI is InChI=1S/C18H21ClN2O2/c1-13(14-7-5-8-16(19)10-14)20-12-18(22)21-11-15-6-3-4-9-17(15)23-2/h3-10,13,20H,11-12H2,1-2H3,(H,21,22)/p+1/t13-/m1/s1. The SMILES string of the molecule is COc1ccccc1CNC(=O)C[NH2+][C@H](C)c1cccc(Cl)c1. The van der Waals surface area contributed by atoms with Gasteiger partial charge < -0.3 is 15.4 Å². The normalized spacial score (nSPS) is 11.8. The second kappa shape index (κ2) is 8.56. The third-order valence-corrected chi connectivity index (χ3v) is 3.93. The number of amides is 1. The van der Waals surface area contributed by atoms with Crippen molar-refractivity contribution >= 4 is 17.5 Å². The minimum atomic E-state index is -0.00946. The van der Waals surface area contributed by atoms with Gasteiger partial charge in [0.15, 0.2) is 6.54 Å². The molecule has 4 nitrogen and oxygen atoms in total. The van der Waals surface area contributed by atoms with Crippen molar-refractivity contribution in [2.45, 2.75) is 19.5 Å². The van der Waals surface area contributed by atoms with Gasteiger partial charge in [-0.1, -0.05) is 41.9 Å². The zero-order valence-corrected chi connectivity index (χ0v) is 14.1. The number of quaternary nitrogens is 1. The maximum atomic E-state index is 12.0. The highest BCUT2D eigenvalue weighted by Gasteiger charge is 2.12. The van der Waals surface area contributed by atoms with Crippen molar-refractivity contribution in [2.75, 3.05) is 13.7 Å². The van der Waals surface area contributed by atoms with Gasteiger partial charge >= 0.3 is 0 Å². The first-order valence-corrected chi connectivity index (χ1v) is 7.95. The summed E-state index contributed by atoms with van der Waals surface area (Å²) in [5.74, 6) is 0.772. The van der Waals surface area contributed by atoms with E-state index >= 15 is 0 Å². The number of hydrogen-bond donors (Lipinski definition) is 2. The number of rotatable bonds is 7. The van der Waals surface area contributed by atoms with Crippen LogP contribution in [-0.2, 0) is 11.3 Å². The molecule has 2 aromatic rings. The number of halogens is 1. The topological polar surface area (TPSA) is 54.9 Å². The Morgan fingerprint density at radius 1 is 1.26 bits per heavy atom. The summed E-state index contributed by atoms with van der Waals surface area (Å²) >= 11 is 5.99. The molecule has 0 unspecified atom stereocenters. The summed E-state index contributed by atoms with van der Waals surface area (Å²) in [6.07, 6.45) is 0. The van der Waals surface area contributed by atoms with Gasteiger partial charge in [-0.15, -0.1) is 0 Å². The average molecular weight is 334 g/mol. The van der Waals surface area contributed by atoms with Gasteiger partial charge in [0, 0.05) is 22.7 Å². The molecule has 0 aliphatic heterocycles. The average Bonchev–Trinajstić information content (AvgIpc) is 2.58. The third-order valence-electron chi connectivity index (χ3n) is 3.70. The third kappa shape index (κ3) is 5.27. The second-order valence-electron chi connectivity index (χ2n) is 5.37. The van der Waals surface area contributed by atoms with Gasteiger partial charge in [-0.25, -0.2) is 0 Å². The molecule has 0 radical (unpaired) electrons. The summed E-state index contributed by atoms with van der Waals surface area (Å²) in [5.41, 5.74) is 2.07. The van der Waals surface area contributed by atoms with Crippen LogP contribution in [0.2, 0.25) is 5.02 Å². The molecular weight excluding hydrogens is 312 g/mol. The van der Waals surface area contributed by atoms with E-state index in [4.69, 9.17) is 16.3 Å². The summed E-state index contributed by atoms with van der Waals surface area (Å²) in [6.45, 7) is 2.88. The highest BCUT2D eigenvalue weighted by atomic mass is 35.5. The number of nitrogens with one attached hydrogen (secondary N) is 1. The van der Waals surface area contributed by atoms with Crippen LogP contribution < -0.4 is 15.4 Å². The van der Waals surface area contributed by atoms with Crippen molar-refractivity contribution in [3.8, 4) is 5.75 Å². The number of benzene rings is 2. The predicted octanol–water partition coefficient (Wildman–Crippen LogP) is 2.29. The fourth-order valence-corrected chi connectivity index (χ4v) is 2.52. The Balaban J connectivity index is 1.81. The molecule has 0 fully saturated rings. The van der Waals surface area contributed by atoms with Gasteiger partial charge in [0.2, 0.25) is 0 Å². The van der Waals surface area contributed by atoms with Crippen molar-refractivity contribution in [1.29, 1.82) is 0 Å². The lowest BCUT2D eigenvalue weighted by Crippen LogP contribution is -2.87. The number of carbonyl (C=O) groups excluding carboxylic acids is 1. The minimum absolute atomic E-state index is 0.00946. The van der Waals surface area contributed by atoms with E-state index in [1.54, 1.807) is 7.11 Å². The van der Waals surface area contributed by atoms with Crippen LogP contribution in [-0.4, -0.2) is 19.6 Å². The van der Waals surface area contributed by atoms with Crippen LogP contribution in [0, 0.1) is 0 Å². The smallest absolute Gasteiger partial charge is 0.275 e. The molecule has 23 heavy (non-hydrogen) atoms. The summed E-state index contributed by atoms with van der Waals surface area (Å²) in [5, 5.41) is 5.62. The molecule has 122 valence electrons. The molecule has 1 atom stereocenters. The summed E-state index contributed by atoms with van der Waals surface area (Å²) in [7, 11) is 1.63. The lowest BCUT2D eigenvalue weighted by Gasteiger charge is -2.12. The Bertz CT molecular complexity index is 661. The number of nitrogens with two attached hydrogens (primary N) is 1. The van der Waals surface area contributed by atoms with E-state index in [1.165, 1.54) is 0 Å². The van der Waals surface area contributed by atoms with Crippen LogP contribution in [0.4, 0.5) is 0 Å². The van der Waals surface area contributed by atoms with Crippen molar-refractivity contribution in [3.05, 3.63) is 64.7 Å². The Morgan fingerprint density at radius 3 is 2.78 bits per heavy atom. The molecule has 0 aromatic heterocycles. The zero-order chi connectivity index (χ0) is 16.7. The van der Waals surface area contributed by atoms with E-state index in [1.807, 2.05) is 53.8 Å². The van der Waals surface area contributed by atoms with E-state index in [2.05, 4.69) is 12.2 Å². The maximum Gasteiger partial charge on any atom is 0.275 e. The molecule has 1 amide bonds. The Morgan fingerprint density at radius 2 is 2.04 bits per heavy atom. The number of para-hydroxylation sites is 1. The molecule has 0 saturated carbocycles. The van der Waals surface area contributed by atoms with Gasteiger partial charge in [-0.3, -0.25) is 4.79 Å². The van der Waals surface area contributed by atoms with Gasteiger partial charge in [-0.05, 0) is 25.1 Å². The van der Waals surface area contributed by atoms with Crippen LogP contribution in [0.1, 0.15) is 24.1 Å². The molecule has 0 heterocycles. The molecule has 5 heteroatoms. The van der Waals surface area contributed by atoms with E-state index in [-0.39, 0.29) is 11.9 Å². The second-order valence-corrected chi connectivity index (χ2v) is 5.81. The fourth-order valence-electron chi connectivity index (χ4n) is 2.32. The van der Waals surface area contributed by atoms with E-state index in [0.717, 1.165) is 16.9 Å². The van der Waals surface area contributed by atoms with Crippen LogP contribution in [0.3, 0.4) is 0 Å². The van der Waals surface area contributed by atoms with Crippen LogP contribution >= 0.6 is 11.6 Å². The molecule has 0 spiro atoms. The molecule has 0 aliphatic rings. The lowest BCUT2D eigenvalue weighted by atomic mass is 10.1. The Kier molecular flexibility index (Phi) is 6.44. The van der Waals surface area contributed by atoms with Crippen molar-refractivity contribution in [2.24, 2.45) is 0 Å². The van der Waals surface area contributed by atoms with Gasteiger partial charge in [0.25, 0.3) is 5.91 Å². The van der Waals surface area contributed by atoms with Gasteiger partial charge in [-0.2, -0.15) is 0 Å². The zero-order valence-electron chi connectivity index (χ0n) is 13.4. The first-order chi connectivity index (χ1) is 11.1. The van der Waals surface area contributed by atoms with Gasteiger partial charge in [0.05, 0.1) is 7.11 Å². The van der Waals surface area contributed by atoms with Crippen molar-refractivity contribution < 1.29 is 14.8 Å². The molecule has 0 bridgehead atoms. The van der Waals surface area contributed by atoms with Gasteiger partial charge in [0.1, 0.15) is 11.8 Å². The van der Waals surface area contributed by atoms with Crippen LogP contribution in [0.15, 0.2) is 48.5 Å². The number of carbonyl (C=O) groups is 1. The Hall–Kier alpha value is -2.04. The highest BCUT2D eigenvalue weighted by molar-refractivity contribution is 6.30. The summed E-state index contributed by atoms with van der Waals surface area (Å²) in [6, 6.07) is 15.5. The summed E-state index contributed by atoms with van der Waals surface area (Å²) < 4.78 is 5.27. The molecule has 0 saturated heterocycles. The molecule has 2 rings (SSSR count). The first-order valence-electron chi connectivity index (χ1n) is 7.57. The van der Waals surface area contributed by atoms with E-state index < -0.39 is 0 Å². The minimum Gasteiger partial charge on any atom is -0.496 e. The predicted molar refractivity (Wildman–Crippen MR) is 91.5 cm³/mol. The fraction of sp³-hybridized carbons (Fsp3) is 0.278. The Labute approximate surface area is 141 Å². The summed E-state index contributed by atoms with van der Waals surface area (Å²) in [4.78, 5) is 12.0. The molecular formula is C18H22ClN2O2+. The van der Waals surface area contributed by atoms with E-state index in [0.29, 0.717) is 18.1 Å². The molecule has 0 aliphatic carbocycles. The van der Waals surface area contributed by atoms with Crippen LogP contribution in [0.5, 0.6) is 5.75 Å². The number of methoxy groups -OCH3 is 1. The van der Waals surface area contributed by atoms with Crippen LogP contribution in [0.25, 0.3) is 0 Å². The largest absolute Gasteiger partial charge is 0.496 e. The number of ether oxygens (including phenoxy) is 1. The first kappa shape index (κ1) is 17.3. The van der Waals surface area contributed by atoms with Crippen molar-refractivity contribution in [3.63, 3.8) is 0 Å². The maximum absolute atomic E-state index is 12.0. The molecule has 3 N–H and O–H groups in total. The quantitative estimate of drug-likeness (QED) is 0.817. The monoisotopic (exact) mass is 333 g/mol. The highest BCUT2D eigenvalue weighted by Crippen LogP contribution is 2.16. The van der Waals surface area contributed by atoms with Crippen molar-refractivity contribution in [1.82, 2.24) is 5.32 Å². The number of hydrogen-bond acceptors (Lipinski definition) is 2. The molecule has 2 aromatic carbocycles. The lowest BCUT2D eigenvalue weighted by molar-refractivity contribution is -0.682.